The van der Waals surface area contributed by atoms with Crippen molar-refractivity contribution in [3.8, 4) is 0 Å². The van der Waals surface area contributed by atoms with E-state index >= 15 is 0 Å². The zero-order valence-electron chi connectivity index (χ0n) is 21.4. The van der Waals surface area contributed by atoms with E-state index in [4.69, 9.17) is 9.47 Å². The minimum atomic E-state index is -0.701. The van der Waals surface area contributed by atoms with Crippen molar-refractivity contribution in [1.29, 1.82) is 0 Å². The second kappa shape index (κ2) is 11.2. The first-order chi connectivity index (χ1) is 19.5. The molecule has 3 atom stereocenters. The first-order valence-corrected chi connectivity index (χ1v) is 13.9. The minimum Gasteiger partial charge on any atom is -0.618 e. The lowest BCUT2D eigenvalue weighted by atomic mass is 10.0. The van der Waals surface area contributed by atoms with Crippen molar-refractivity contribution in [3.05, 3.63) is 130 Å². The number of ether oxygens (including phenoxy) is 2. The molecule has 8 nitrogen and oxygen atoms in total. The number of hydrogen-bond donors (Lipinski definition) is 1. The maximum absolute atomic E-state index is 12.9. The summed E-state index contributed by atoms with van der Waals surface area (Å²) in [5.41, 5.74) is 3.77. The van der Waals surface area contributed by atoms with Gasteiger partial charge in [-0.2, -0.15) is 4.73 Å². The Hall–Kier alpha value is -4.02. The molecule has 1 fully saturated rings. The van der Waals surface area contributed by atoms with Gasteiger partial charge in [0.05, 0.1) is 35.6 Å². The third-order valence-corrected chi connectivity index (χ3v) is 8.19. The van der Waals surface area contributed by atoms with E-state index in [1.807, 2.05) is 30.3 Å². The van der Waals surface area contributed by atoms with Crippen LogP contribution in [0, 0.1) is 5.21 Å². The SMILES string of the molecule is O=C1c2ccccc2C(=O)N1c1ccc(C2OC(CSc3cccc[n+]3[O-])CC(c3ccc(CO)cc3)O2)cc1. The molecule has 0 bridgehead atoms. The summed E-state index contributed by atoms with van der Waals surface area (Å²) < 4.78 is 13.6. The molecule has 40 heavy (non-hydrogen) atoms. The highest BCUT2D eigenvalue weighted by atomic mass is 32.2. The molecule has 1 saturated heterocycles. The Morgan fingerprint density at radius 1 is 0.850 bits per heavy atom. The summed E-state index contributed by atoms with van der Waals surface area (Å²) >= 11 is 1.42. The third kappa shape index (κ3) is 5.12. The molecule has 9 heteroatoms. The summed E-state index contributed by atoms with van der Waals surface area (Å²) in [7, 11) is 0. The zero-order valence-corrected chi connectivity index (χ0v) is 22.2. The van der Waals surface area contributed by atoms with Crippen LogP contribution in [-0.2, 0) is 16.1 Å². The lowest BCUT2D eigenvalue weighted by molar-refractivity contribution is -0.645. The van der Waals surface area contributed by atoms with Gasteiger partial charge in [0.2, 0.25) is 0 Å². The van der Waals surface area contributed by atoms with Crippen molar-refractivity contribution < 1.29 is 28.9 Å². The van der Waals surface area contributed by atoms with Crippen molar-refractivity contribution in [2.24, 2.45) is 0 Å². The van der Waals surface area contributed by atoms with Crippen LogP contribution in [0.3, 0.4) is 0 Å². The fraction of sp³-hybridized carbons (Fsp3) is 0.194. The number of imide groups is 1. The van der Waals surface area contributed by atoms with Gasteiger partial charge in [0.15, 0.2) is 12.5 Å². The number of amides is 2. The van der Waals surface area contributed by atoms with E-state index < -0.39 is 6.29 Å². The Morgan fingerprint density at radius 3 is 2.15 bits per heavy atom. The summed E-state index contributed by atoms with van der Waals surface area (Å²) in [6.07, 6.45) is 0.858. The van der Waals surface area contributed by atoms with Crippen LogP contribution in [0.25, 0.3) is 0 Å². The number of benzene rings is 3. The molecule has 1 aromatic heterocycles. The van der Waals surface area contributed by atoms with E-state index in [2.05, 4.69) is 0 Å². The molecule has 3 aromatic carbocycles. The molecule has 0 aliphatic carbocycles. The van der Waals surface area contributed by atoms with Gasteiger partial charge < -0.3 is 19.8 Å². The third-order valence-electron chi connectivity index (χ3n) is 7.04. The van der Waals surface area contributed by atoms with Crippen LogP contribution in [-0.4, -0.2) is 28.8 Å². The maximum atomic E-state index is 12.9. The van der Waals surface area contributed by atoms with E-state index in [9.17, 15) is 19.9 Å². The number of anilines is 1. The van der Waals surface area contributed by atoms with Crippen LogP contribution in [0.1, 0.15) is 56.2 Å². The molecule has 0 saturated carbocycles. The maximum Gasteiger partial charge on any atom is 0.266 e. The molecule has 1 N–H and O–H groups in total. The number of rotatable bonds is 7. The summed E-state index contributed by atoms with van der Waals surface area (Å²) in [6.45, 7) is -0.0392. The van der Waals surface area contributed by atoms with Crippen molar-refractivity contribution >= 4 is 29.3 Å². The summed E-state index contributed by atoms with van der Waals surface area (Å²) in [5.74, 6) is -0.151. The molecule has 0 radical (unpaired) electrons. The predicted octanol–water partition coefficient (Wildman–Crippen LogP) is 4.95. The predicted molar refractivity (Wildman–Crippen MR) is 149 cm³/mol. The number of hydrogen-bond acceptors (Lipinski definition) is 7. The summed E-state index contributed by atoms with van der Waals surface area (Å²) in [5, 5.41) is 22.2. The monoisotopic (exact) mass is 554 g/mol. The first kappa shape index (κ1) is 26.2. The van der Waals surface area contributed by atoms with Crippen LogP contribution in [0.2, 0.25) is 0 Å². The van der Waals surface area contributed by atoms with E-state index in [0.717, 1.165) is 21.4 Å². The fourth-order valence-electron chi connectivity index (χ4n) is 4.93. The molecule has 2 amide bonds. The van der Waals surface area contributed by atoms with Crippen molar-refractivity contribution in [1.82, 2.24) is 0 Å². The molecule has 202 valence electrons. The molecular formula is C31H26N2O6S. The van der Waals surface area contributed by atoms with Gasteiger partial charge in [-0.05, 0) is 41.5 Å². The Kier molecular flexibility index (Phi) is 7.36. The van der Waals surface area contributed by atoms with Gasteiger partial charge in [-0.1, -0.05) is 60.3 Å². The number of carbonyl (C=O) groups is 2. The smallest absolute Gasteiger partial charge is 0.266 e. The van der Waals surface area contributed by atoms with Gasteiger partial charge >= 0.3 is 0 Å². The van der Waals surface area contributed by atoms with Crippen LogP contribution < -0.4 is 9.63 Å². The van der Waals surface area contributed by atoms with E-state index in [-0.39, 0.29) is 30.6 Å². The average molecular weight is 555 g/mol. The average Bonchev–Trinajstić information content (AvgIpc) is 3.26. The number of nitrogens with zero attached hydrogens (tertiary/aromatic N) is 2. The molecule has 6 rings (SSSR count). The molecule has 4 aromatic rings. The first-order valence-electron chi connectivity index (χ1n) is 12.9. The van der Waals surface area contributed by atoms with Crippen LogP contribution in [0.5, 0.6) is 0 Å². The highest BCUT2D eigenvalue weighted by Crippen LogP contribution is 2.40. The standard InChI is InChI=1S/C31H26N2O6S/c34-18-20-8-10-21(11-9-20)27-17-24(19-40-28-7-3-4-16-32(28)37)38-31(39-27)22-12-14-23(15-13-22)33-29(35)25-5-1-2-6-26(25)30(33)36/h1-16,24,27,31,34H,17-19H2. The van der Waals surface area contributed by atoms with Gasteiger partial charge in [-0.3, -0.25) is 9.59 Å². The fourth-order valence-corrected chi connectivity index (χ4v) is 5.86. The number of carbonyl (C=O) groups excluding carboxylic acids is 2. The molecule has 2 aliphatic heterocycles. The minimum absolute atomic E-state index is 0.0392. The number of pyridine rings is 1. The Balaban J connectivity index is 1.23. The normalized spacial score (nSPS) is 20.5. The molecule has 0 spiro atoms. The zero-order chi connectivity index (χ0) is 27.6. The van der Waals surface area contributed by atoms with E-state index in [1.54, 1.807) is 60.7 Å². The van der Waals surface area contributed by atoms with E-state index in [0.29, 0.717) is 34.0 Å². The number of fused-ring (bicyclic) bond motifs is 1. The topological polar surface area (TPSA) is 103 Å². The summed E-state index contributed by atoms with van der Waals surface area (Å²) in [4.78, 5) is 27.0. The summed E-state index contributed by atoms with van der Waals surface area (Å²) in [6, 6.07) is 26.7. The Morgan fingerprint density at radius 2 is 1.50 bits per heavy atom. The largest absolute Gasteiger partial charge is 0.618 e. The number of aromatic nitrogens is 1. The number of aliphatic hydroxyl groups excluding tert-OH is 1. The van der Waals surface area contributed by atoms with Crippen LogP contribution in [0.4, 0.5) is 5.69 Å². The highest BCUT2D eigenvalue weighted by Gasteiger charge is 2.37. The van der Waals surface area contributed by atoms with Crippen LogP contribution >= 0.6 is 11.8 Å². The van der Waals surface area contributed by atoms with Gasteiger partial charge in [0, 0.05) is 29.9 Å². The Bertz CT molecular complexity index is 1510. The quantitative estimate of drug-likeness (QED) is 0.149. The molecule has 2 aliphatic rings. The van der Waals surface area contributed by atoms with Crippen LogP contribution in [0.15, 0.2) is 102 Å². The second-order valence-electron chi connectivity index (χ2n) is 9.61. The van der Waals surface area contributed by atoms with Gasteiger partial charge in [0.1, 0.15) is 0 Å². The molecular weight excluding hydrogens is 528 g/mol. The second-order valence-corrected chi connectivity index (χ2v) is 10.6. The Labute approximate surface area is 235 Å². The van der Waals surface area contributed by atoms with Gasteiger partial charge in [0.25, 0.3) is 16.8 Å². The lowest BCUT2D eigenvalue weighted by Gasteiger charge is -2.36. The molecule has 3 unspecified atom stereocenters. The highest BCUT2D eigenvalue weighted by molar-refractivity contribution is 7.99. The number of aliphatic hydroxyl groups is 1. The van der Waals surface area contributed by atoms with E-state index in [1.165, 1.54) is 22.9 Å². The van der Waals surface area contributed by atoms with Gasteiger partial charge in [-0.25, -0.2) is 4.90 Å². The lowest BCUT2D eigenvalue weighted by Crippen LogP contribution is -2.33. The number of thioether (sulfide) groups is 1. The van der Waals surface area contributed by atoms with Crippen molar-refractivity contribution in [2.45, 2.75) is 36.6 Å². The van der Waals surface area contributed by atoms with Crippen molar-refractivity contribution in [2.75, 3.05) is 10.7 Å². The van der Waals surface area contributed by atoms with Crippen molar-refractivity contribution in [3.63, 3.8) is 0 Å². The van der Waals surface area contributed by atoms with Gasteiger partial charge in [-0.15, -0.1) is 0 Å². The molecule has 3 heterocycles.